The Balaban J connectivity index is 4.09. The summed E-state index contributed by atoms with van der Waals surface area (Å²) in [6.45, 7) is 16.4. The van der Waals surface area contributed by atoms with E-state index in [-0.39, 0.29) is 19.2 Å². The predicted octanol–water partition coefficient (Wildman–Crippen LogP) is 4.19. The fourth-order valence-corrected chi connectivity index (χ4v) is 4.55. The van der Waals surface area contributed by atoms with Crippen LogP contribution in [0.1, 0.15) is 68.8 Å². The van der Waals surface area contributed by atoms with Gasteiger partial charge in [-0.05, 0) is 88.2 Å². The van der Waals surface area contributed by atoms with Crippen molar-refractivity contribution >= 4 is 27.6 Å². The zero-order chi connectivity index (χ0) is 24.3. The van der Waals surface area contributed by atoms with Crippen molar-refractivity contribution < 1.29 is 6.17 Å². The number of carbonyl (C=O) groups is 1. The molecule has 0 saturated heterocycles. The third-order valence-corrected chi connectivity index (χ3v) is 7.12. The van der Waals surface area contributed by atoms with Crippen LogP contribution in [0.25, 0.3) is 0 Å². The van der Waals surface area contributed by atoms with Gasteiger partial charge >= 0.3 is 0 Å². The van der Waals surface area contributed by atoms with Crippen LogP contribution in [0, 0.1) is 40.0 Å². The van der Waals surface area contributed by atoms with Gasteiger partial charge in [-0.2, -0.15) is 4.99 Å². The summed E-state index contributed by atoms with van der Waals surface area (Å²) < 4.78 is 8.48. The van der Waals surface area contributed by atoms with E-state index in [1.165, 1.54) is 27.8 Å². The van der Waals surface area contributed by atoms with Crippen LogP contribution in [0.15, 0.2) is 16.1 Å². The molecule has 4 radical (unpaired) electrons. The molecular formula is C24H37B2N3O. The van der Waals surface area contributed by atoms with Crippen LogP contribution in [-0.2, 0) is 10.2 Å². The Morgan fingerprint density at radius 1 is 0.967 bits per heavy atom. The van der Waals surface area contributed by atoms with Gasteiger partial charge in [0.05, 0.1) is 21.1 Å². The lowest BCUT2D eigenvalue weighted by Gasteiger charge is -2.40. The van der Waals surface area contributed by atoms with Crippen LogP contribution in [-0.4, -0.2) is 27.6 Å². The Hall–Kier alpha value is -1.97. The topological polar surface area (TPSA) is 81.5 Å². The van der Waals surface area contributed by atoms with Gasteiger partial charge < -0.3 is 11.5 Å². The third kappa shape index (κ3) is 4.24. The van der Waals surface area contributed by atoms with Gasteiger partial charge in [0.2, 0.25) is 0 Å². The number of amides is 1. The molecule has 2 atom stereocenters. The van der Waals surface area contributed by atoms with Crippen molar-refractivity contribution in [2.75, 3.05) is 0 Å². The van der Waals surface area contributed by atoms with Crippen molar-refractivity contribution in [1.29, 1.82) is 0 Å². The quantitative estimate of drug-likeness (QED) is 0.308. The molecule has 1 rings (SSSR count). The van der Waals surface area contributed by atoms with Crippen molar-refractivity contribution in [3.63, 3.8) is 0 Å². The number of nitrogens with two attached hydrogens (primary N) is 2. The van der Waals surface area contributed by atoms with E-state index in [1.807, 2.05) is 6.92 Å². The zero-order valence-electron chi connectivity index (χ0n) is 21.0. The number of hydrogen-bond donors (Lipinski definition) is 2. The largest absolute Gasteiger partial charge is 0.370 e. The number of allylic oxidation sites excluding steroid dienone is 1. The number of nitrogens with zero attached hydrogens (tertiary/aromatic N) is 1. The van der Waals surface area contributed by atoms with E-state index in [0.717, 1.165) is 16.7 Å². The fourth-order valence-electron chi connectivity index (χ4n) is 4.55. The SMILES string of the molecule is [2H]CC(=C(CC)C(C)(C[B])C(=O)N=C(N)N)C(C)(C[B])c1c(C)c(C)c(C)c(C)c1C. The van der Waals surface area contributed by atoms with Crippen LogP contribution in [0.2, 0.25) is 12.6 Å². The molecule has 1 aromatic carbocycles. The molecule has 0 heterocycles. The van der Waals surface area contributed by atoms with E-state index in [2.05, 4.69) is 46.5 Å². The first-order valence-electron chi connectivity index (χ1n) is 11.1. The Morgan fingerprint density at radius 2 is 1.43 bits per heavy atom. The lowest BCUT2D eigenvalue weighted by atomic mass is 9.60. The minimum atomic E-state index is -1.12. The molecule has 1 aromatic rings. The zero-order valence-corrected chi connectivity index (χ0v) is 20.0. The van der Waals surface area contributed by atoms with Crippen molar-refractivity contribution in [3.05, 3.63) is 44.5 Å². The maximum atomic E-state index is 13.0. The second kappa shape index (κ2) is 9.45. The number of carbonyl (C=O) groups excluding carboxylic acids is 1. The molecule has 0 aliphatic carbocycles. The standard InChI is InChI=1S/C24H37B2N3O/c1-10-19(24(9,12-26)21(30)29-22(27)28)18(7)23(8,11-25)20-16(5)14(3)13(2)15(4)17(20)6/h10-12H2,1-9H3,(H4,27,28,29,30)/i7D. The van der Waals surface area contributed by atoms with E-state index in [0.29, 0.717) is 12.7 Å². The van der Waals surface area contributed by atoms with E-state index in [9.17, 15) is 4.79 Å². The molecule has 0 aliphatic heterocycles. The maximum Gasteiger partial charge on any atom is 0.258 e. The average molecular weight is 406 g/mol. The summed E-state index contributed by atoms with van der Waals surface area (Å²) in [5.74, 6) is -0.799. The first-order valence-corrected chi connectivity index (χ1v) is 10.4. The van der Waals surface area contributed by atoms with E-state index < -0.39 is 16.7 Å². The Morgan fingerprint density at radius 3 is 1.77 bits per heavy atom. The van der Waals surface area contributed by atoms with Crippen LogP contribution in [0.5, 0.6) is 0 Å². The molecule has 1 amide bonds. The smallest absolute Gasteiger partial charge is 0.258 e. The Kier molecular flexibility index (Phi) is 7.65. The molecular weight excluding hydrogens is 368 g/mol. The van der Waals surface area contributed by atoms with Gasteiger partial charge in [0, 0.05) is 6.79 Å². The summed E-state index contributed by atoms with van der Waals surface area (Å²) in [4.78, 5) is 16.8. The Labute approximate surface area is 187 Å². The predicted molar refractivity (Wildman–Crippen MR) is 131 cm³/mol. The number of rotatable bonds is 7. The molecule has 0 saturated carbocycles. The van der Waals surface area contributed by atoms with Crippen molar-refractivity contribution in [3.8, 4) is 0 Å². The first-order chi connectivity index (χ1) is 14.3. The van der Waals surface area contributed by atoms with E-state index in [4.69, 9.17) is 28.5 Å². The van der Waals surface area contributed by atoms with Gasteiger partial charge in [-0.3, -0.25) is 4.79 Å². The van der Waals surface area contributed by atoms with Gasteiger partial charge in [-0.1, -0.05) is 37.6 Å². The fraction of sp³-hybridized carbons (Fsp3) is 0.583. The highest BCUT2D eigenvalue weighted by Crippen LogP contribution is 2.47. The molecule has 4 nitrogen and oxygen atoms in total. The summed E-state index contributed by atoms with van der Waals surface area (Å²) in [5, 5.41) is 0. The molecule has 30 heavy (non-hydrogen) atoms. The second-order valence-electron chi connectivity index (χ2n) is 8.72. The molecule has 0 fully saturated rings. The summed E-state index contributed by atoms with van der Waals surface area (Å²) in [5.41, 5.74) is 17.9. The number of aliphatic imine (C=N–C) groups is 1. The van der Waals surface area contributed by atoms with Crippen LogP contribution in [0.4, 0.5) is 0 Å². The summed E-state index contributed by atoms with van der Waals surface area (Å²) in [7, 11) is 12.5. The minimum Gasteiger partial charge on any atom is -0.370 e. The van der Waals surface area contributed by atoms with Crippen LogP contribution < -0.4 is 11.5 Å². The lowest BCUT2D eigenvalue weighted by molar-refractivity contribution is -0.124. The minimum absolute atomic E-state index is 0.00752. The number of hydrogen-bond acceptors (Lipinski definition) is 1. The monoisotopic (exact) mass is 406 g/mol. The van der Waals surface area contributed by atoms with Crippen molar-refractivity contribution in [2.45, 2.75) is 86.8 Å². The molecule has 0 aliphatic rings. The van der Waals surface area contributed by atoms with Gasteiger partial charge in [0.1, 0.15) is 0 Å². The van der Waals surface area contributed by atoms with Crippen molar-refractivity contribution in [1.82, 2.24) is 0 Å². The van der Waals surface area contributed by atoms with Gasteiger partial charge in [0.15, 0.2) is 5.96 Å². The normalized spacial score (nSPS) is 16.7. The summed E-state index contributed by atoms with van der Waals surface area (Å²) in [6, 6.07) is 0. The number of guanidine groups is 1. The average Bonchev–Trinajstić information content (AvgIpc) is 2.73. The highest BCUT2D eigenvalue weighted by Gasteiger charge is 2.40. The van der Waals surface area contributed by atoms with Crippen molar-refractivity contribution in [2.24, 2.45) is 21.9 Å². The van der Waals surface area contributed by atoms with Crippen LogP contribution >= 0.6 is 0 Å². The van der Waals surface area contributed by atoms with E-state index in [1.54, 1.807) is 6.92 Å². The third-order valence-electron chi connectivity index (χ3n) is 7.12. The second-order valence-corrected chi connectivity index (χ2v) is 8.72. The molecule has 0 aromatic heterocycles. The molecule has 4 N–H and O–H groups in total. The maximum absolute atomic E-state index is 13.0. The van der Waals surface area contributed by atoms with Gasteiger partial charge in [0.25, 0.3) is 5.91 Å². The van der Waals surface area contributed by atoms with Gasteiger partial charge in [-0.15, -0.1) is 0 Å². The van der Waals surface area contributed by atoms with E-state index >= 15 is 0 Å². The molecule has 0 bridgehead atoms. The summed E-state index contributed by atoms with van der Waals surface area (Å²) >= 11 is 0. The molecule has 160 valence electrons. The summed E-state index contributed by atoms with van der Waals surface area (Å²) in [6.07, 6.45) is 0.858. The lowest BCUT2D eigenvalue weighted by Crippen LogP contribution is -2.36. The highest BCUT2D eigenvalue weighted by atomic mass is 16.1. The highest BCUT2D eigenvalue weighted by molar-refractivity contribution is 6.13. The molecule has 2 unspecified atom stereocenters. The van der Waals surface area contributed by atoms with Gasteiger partial charge in [-0.25, -0.2) is 0 Å². The Bertz CT molecular complexity index is 893. The molecule has 6 heteroatoms. The first kappa shape index (κ1) is 24.3. The van der Waals surface area contributed by atoms with Crippen LogP contribution in [0.3, 0.4) is 0 Å². The number of benzene rings is 1. The molecule has 0 spiro atoms.